The van der Waals surface area contributed by atoms with Gasteiger partial charge in [0.25, 0.3) is 0 Å². The van der Waals surface area contributed by atoms with E-state index in [4.69, 9.17) is 6.15 Å². The molecule has 0 saturated heterocycles. The topological polar surface area (TPSA) is 18.5 Å². The van der Waals surface area contributed by atoms with Crippen molar-refractivity contribution < 1.29 is 6.15 Å². The van der Waals surface area contributed by atoms with Gasteiger partial charge in [0.2, 0.25) is 0 Å². The summed E-state index contributed by atoms with van der Waals surface area (Å²) < 4.78 is 10.1. The first-order valence-corrected chi connectivity index (χ1v) is 10.3. The predicted molar refractivity (Wildman–Crippen MR) is 31.5 cm³/mol. The normalized spacial score (nSPS) is 12.0. The summed E-state index contributed by atoms with van der Waals surface area (Å²) in [6.45, 7) is 0. The first kappa shape index (κ1) is 7.72. The number of hydrogen-bond donors (Lipinski definition) is 0. The van der Waals surface area contributed by atoms with E-state index in [1.165, 1.54) is 0 Å². The molecule has 0 saturated carbocycles. The van der Waals surface area contributed by atoms with Gasteiger partial charge in [-0.25, -0.2) is 0 Å². The molecule has 0 fully saturated rings. The minimum absolute atomic E-state index is 1.71. The molecule has 0 aliphatic rings. The molecule has 0 N–H and O–H groups in total. The second-order valence-electron chi connectivity index (χ2n) is 1.81. The van der Waals surface area contributed by atoms with Gasteiger partial charge in [-0.15, -0.1) is 0 Å². The van der Waals surface area contributed by atoms with Gasteiger partial charge in [0.1, 0.15) is 0 Å². The summed E-state index contributed by atoms with van der Waals surface area (Å²) in [5, 5.41) is 0. The van der Waals surface area contributed by atoms with Crippen molar-refractivity contribution in [3.8, 4) is 0 Å². The Balaban J connectivity index is 3.36. The van der Waals surface area contributed by atoms with E-state index >= 15 is 0 Å². The zero-order chi connectivity index (χ0) is 5.91. The van der Waals surface area contributed by atoms with Crippen molar-refractivity contribution in [3.63, 3.8) is 0 Å². The molecule has 0 rings (SSSR count). The number of rotatable bonds is 2. The summed E-state index contributed by atoms with van der Waals surface area (Å²) in [5.41, 5.74) is 0. The Hall–Kier alpha value is 0.719. The van der Waals surface area contributed by atoms with Gasteiger partial charge >= 0.3 is 49.5 Å². The van der Waals surface area contributed by atoms with Crippen molar-refractivity contribution >= 4 is 19.2 Å². The second kappa shape index (κ2) is 2.89. The first-order chi connectivity index (χ1) is 3.12. The average Bonchev–Trinajstić information content (AvgIpc) is 1.68. The van der Waals surface area contributed by atoms with Crippen LogP contribution in [0.25, 0.3) is 0 Å². The summed E-state index contributed by atoms with van der Waals surface area (Å²) in [6.07, 6.45) is 0. The molecule has 44 valence electrons. The Kier molecular flexibility index (Phi) is 3.19. The zero-order valence-electron chi connectivity index (χ0n) is 5.32. The van der Waals surface area contributed by atoms with Crippen molar-refractivity contribution in [2.24, 2.45) is 0 Å². The third-order valence-electron chi connectivity index (χ3n) is 0.983. The van der Waals surface area contributed by atoms with Crippen LogP contribution in [0.5, 0.6) is 0 Å². The van der Waals surface area contributed by atoms with Crippen molar-refractivity contribution in [2.75, 3.05) is 14.2 Å². The predicted octanol–water partition coefficient (Wildman–Crippen LogP) is 0.981. The maximum atomic E-state index is 5.07. The molecule has 0 heterocycles. The molecular formula is C4H12O2Sn. The van der Waals surface area contributed by atoms with E-state index in [-0.39, 0.29) is 0 Å². The molecule has 2 nitrogen and oxygen atoms in total. The van der Waals surface area contributed by atoms with E-state index in [0.717, 1.165) is 0 Å². The Morgan fingerprint density at radius 3 is 1.29 bits per heavy atom. The van der Waals surface area contributed by atoms with Crippen LogP contribution in [0.3, 0.4) is 0 Å². The van der Waals surface area contributed by atoms with Gasteiger partial charge < -0.3 is 0 Å². The van der Waals surface area contributed by atoms with E-state index in [1.54, 1.807) is 14.2 Å². The third kappa shape index (κ3) is 3.31. The van der Waals surface area contributed by atoms with Gasteiger partial charge in [-0.05, 0) is 0 Å². The molecule has 0 aliphatic carbocycles. The SMILES string of the molecule is C[O][2Sn]([CH3])([CH3])[O]C. The Morgan fingerprint density at radius 1 is 1.00 bits per heavy atom. The molecule has 0 amide bonds. The Morgan fingerprint density at radius 2 is 1.29 bits per heavy atom. The minimum atomic E-state index is -2.28. The summed E-state index contributed by atoms with van der Waals surface area (Å²) in [4.78, 5) is 4.13. The van der Waals surface area contributed by atoms with Crippen molar-refractivity contribution in [2.45, 2.75) is 9.88 Å². The third-order valence-corrected chi connectivity index (χ3v) is 6.60. The van der Waals surface area contributed by atoms with Gasteiger partial charge in [0.15, 0.2) is 0 Å². The molecule has 0 aromatic carbocycles. The monoisotopic (exact) mass is 94.1 g/mol. The summed E-state index contributed by atoms with van der Waals surface area (Å²) >= 11 is -2.28. The molecule has 0 spiro atoms. The van der Waals surface area contributed by atoms with Crippen LogP contribution in [0.15, 0.2) is 0 Å². The van der Waals surface area contributed by atoms with Crippen molar-refractivity contribution in [1.29, 1.82) is 0 Å². The van der Waals surface area contributed by atoms with Gasteiger partial charge in [-0.3, -0.25) is 0 Å². The fourth-order valence-electron chi connectivity index (χ4n) is 0.0833. The molecule has 3 heteroatoms. The number of hydrogen-bond acceptors (Lipinski definition) is 2. The molecule has 0 aliphatic heterocycles. The quantitative estimate of drug-likeness (QED) is 0.475. The summed E-state index contributed by atoms with van der Waals surface area (Å²) in [5.74, 6) is 0. The van der Waals surface area contributed by atoms with Crippen molar-refractivity contribution in [1.82, 2.24) is 0 Å². The zero-order valence-corrected chi connectivity index (χ0v) is 8.17. The molecule has 0 aromatic rings. The molecular weight excluding hydrogens is 82.0 g/mol. The molecule has 0 bridgehead atoms. The molecule has 0 atom stereocenters. The van der Waals surface area contributed by atoms with Crippen LogP contribution in [-0.4, -0.2) is 33.4 Å². The summed E-state index contributed by atoms with van der Waals surface area (Å²) in [7, 11) is 3.42. The van der Waals surface area contributed by atoms with Gasteiger partial charge in [0.05, 0.1) is 0 Å². The van der Waals surface area contributed by atoms with Crippen LogP contribution in [0.2, 0.25) is 9.88 Å². The first-order valence-electron chi connectivity index (χ1n) is 2.22. The van der Waals surface area contributed by atoms with Crippen LogP contribution < -0.4 is 0 Å². The fourth-order valence-corrected chi connectivity index (χ4v) is 0.559. The van der Waals surface area contributed by atoms with Crippen LogP contribution in [-0.2, 0) is 6.15 Å². The Bertz CT molecular complexity index is 47.7. The molecule has 0 radical (unpaired) electrons. The fraction of sp³-hybridized carbons (Fsp3) is 1.00. The average molecular weight is 94.1 g/mol. The maximum absolute atomic E-state index is 5.07. The van der Waals surface area contributed by atoms with Gasteiger partial charge in [0, 0.05) is 0 Å². The second-order valence-corrected chi connectivity index (χ2v) is 12.1. The van der Waals surface area contributed by atoms with Gasteiger partial charge in [-0.2, -0.15) is 0 Å². The summed E-state index contributed by atoms with van der Waals surface area (Å²) in [6, 6.07) is 0. The van der Waals surface area contributed by atoms with E-state index in [1.807, 2.05) is 0 Å². The van der Waals surface area contributed by atoms with Crippen LogP contribution in [0, 0.1) is 0 Å². The Labute approximate surface area is 49.8 Å². The molecule has 0 aromatic heterocycles. The molecule has 0 unspecified atom stereocenters. The van der Waals surface area contributed by atoms with Crippen LogP contribution in [0.1, 0.15) is 0 Å². The van der Waals surface area contributed by atoms with Crippen molar-refractivity contribution in [3.05, 3.63) is 0 Å². The van der Waals surface area contributed by atoms with E-state index in [2.05, 4.69) is 9.88 Å². The van der Waals surface area contributed by atoms with Crippen LogP contribution >= 0.6 is 0 Å². The molecule has 7 heavy (non-hydrogen) atoms. The van der Waals surface area contributed by atoms with Crippen LogP contribution in [0.4, 0.5) is 0 Å². The van der Waals surface area contributed by atoms with Gasteiger partial charge in [-0.1, -0.05) is 0 Å². The van der Waals surface area contributed by atoms with E-state index < -0.39 is 19.2 Å². The standard InChI is InChI=1S/2CH3O.2CH3.Sn/c2*1-2;;;/h2*1H3;2*1H3;/q2*-1;;;+2/i;;;;1+36. The van der Waals surface area contributed by atoms with E-state index in [9.17, 15) is 0 Å². The van der Waals surface area contributed by atoms with E-state index in [0.29, 0.717) is 0 Å².